The SMILES string of the molecule is CC(C)Oc1cccc(CN2CCN[C@@H](C)C2)c1. The molecule has 0 amide bonds. The first kappa shape index (κ1) is 13.4. The van der Waals surface area contributed by atoms with E-state index in [1.807, 2.05) is 6.07 Å². The van der Waals surface area contributed by atoms with Gasteiger partial charge in [0, 0.05) is 32.2 Å². The predicted molar refractivity (Wildman–Crippen MR) is 74.9 cm³/mol. The van der Waals surface area contributed by atoms with Gasteiger partial charge < -0.3 is 10.1 Å². The van der Waals surface area contributed by atoms with Crippen LogP contribution in [0.25, 0.3) is 0 Å². The molecule has 0 bridgehead atoms. The minimum Gasteiger partial charge on any atom is -0.491 e. The molecule has 1 aromatic rings. The molecule has 2 rings (SSSR count). The molecule has 0 radical (unpaired) electrons. The van der Waals surface area contributed by atoms with Crippen molar-refractivity contribution in [2.24, 2.45) is 0 Å². The molecule has 0 aliphatic carbocycles. The highest BCUT2D eigenvalue weighted by Gasteiger charge is 2.15. The second-order valence-corrected chi connectivity index (χ2v) is 5.40. The van der Waals surface area contributed by atoms with Gasteiger partial charge in [-0.25, -0.2) is 0 Å². The van der Waals surface area contributed by atoms with Crippen LogP contribution in [0.15, 0.2) is 24.3 Å². The molecule has 1 aliphatic rings. The van der Waals surface area contributed by atoms with Crippen LogP contribution in [0.1, 0.15) is 26.3 Å². The molecule has 3 heteroatoms. The normalized spacial score (nSPS) is 21.2. The third-order valence-corrected chi connectivity index (χ3v) is 3.13. The molecule has 1 aromatic carbocycles. The molecule has 0 spiro atoms. The molecular formula is C15H24N2O. The van der Waals surface area contributed by atoms with Gasteiger partial charge >= 0.3 is 0 Å². The van der Waals surface area contributed by atoms with Crippen LogP contribution in [0.2, 0.25) is 0 Å². The summed E-state index contributed by atoms with van der Waals surface area (Å²) >= 11 is 0. The Balaban J connectivity index is 1.96. The second kappa shape index (κ2) is 6.21. The maximum Gasteiger partial charge on any atom is 0.120 e. The highest BCUT2D eigenvalue weighted by molar-refractivity contribution is 5.28. The monoisotopic (exact) mass is 248 g/mol. The number of piperazine rings is 1. The van der Waals surface area contributed by atoms with Crippen LogP contribution in [0.4, 0.5) is 0 Å². The molecule has 1 heterocycles. The molecule has 0 aromatic heterocycles. The number of nitrogens with zero attached hydrogens (tertiary/aromatic N) is 1. The Labute approximate surface area is 110 Å². The summed E-state index contributed by atoms with van der Waals surface area (Å²) in [7, 11) is 0. The molecule has 1 saturated heterocycles. The van der Waals surface area contributed by atoms with Gasteiger partial charge in [-0.05, 0) is 38.5 Å². The van der Waals surface area contributed by atoms with Crippen LogP contribution in [-0.2, 0) is 6.54 Å². The third-order valence-electron chi connectivity index (χ3n) is 3.13. The lowest BCUT2D eigenvalue weighted by molar-refractivity contribution is 0.199. The summed E-state index contributed by atoms with van der Waals surface area (Å²) in [5.74, 6) is 0.977. The average Bonchev–Trinajstić information content (AvgIpc) is 2.28. The summed E-state index contributed by atoms with van der Waals surface area (Å²) in [6, 6.07) is 9.05. The smallest absolute Gasteiger partial charge is 0.120 e. The number of rotatable bonds is 4. The molecule has 0 saturated carbocycles. The van der Waals surface area contributed by atoms with E-state index >= 15 is 0 Å². The van der Waals surface area contributed by atoms with Gasteiger partial charge in [0.2, 0.25) is 0 Å². The number of hydrogen-bond donors (Lipinski definition) is 1. The molecule has 100 valence electrons. The Bertz CT molecular complexity index is 379. The van der Waals surface area contributed by atoms with E-state index in [1.54, 1.807) is 0 Å². The molecule has 1 aliphatic heterocycles. The van der Waals surface area contributed by atoms with Gasteiger partial charge in [-0.15, -0.1) is 0 Å². The van der Waals surface area contributed by atoms with Crippen LogP contribution in [0, 0.1) is 0 Å². The quantitative estimate of drug-likeness (QED) is 0.884. The minimum atomic E-state index is 0.236. The van der Waals surface area contributed by atoms with E-state index in [-0.39, 0.29) is 6.10 Å². The van der Waals surface area contributed by atoms with Crippen molar-refractivity contribution in [1.82, 2.24) is 10.2 Å². The summed E-state index contributed by atoms with van der Waals surface area (Å²) in [6.07, 6.45) is 0.236. The van der Waals surface area contributed by atoms with Crippen molar-refractivity contribution in [2.75, 3.05) is 19.6 Å². The Morgan fingerprint density at radius 2 is 2.28 bits per heavy atom. The summed E-state index contributed by atoms with van der Waals surface area (Å²) in [5.41, 5.74) is 1.34. The van der Waals surface area contributed by atoms with Crippen molar-refractivity contribution in [1.29, 1.82) is 0 Å². The van der Waals surface area contributed by atoms with Crippen molar-refractivity contribution < 1.29 is 4.74 Å². The molecule has 1 atom stereocenters. The fourth-order valence-electron chi connectivity index (χ4n) is 2.40. The van der Waals surface area contributed by atoms with Crippen LogP contribution in [0.5, 0.6) is 5.75 Å². The van der Waals surface area contributed by atoms with E-state index in [0.717, 1.165) is 31.9 Å². The van der Waals surface area contributed by atoms with Crippen molar-refractivity contribution in [2.45, 2.75) is 39.5 Å². The molecule has 18 heavy (non-hydrogen) atoms. The zero-order valence-electron chi connectivity index (χ0n) is 11.6. The van der Waals surface area contributed by atoms with Crippen LogP contribution in [0.3, 0.4) is 0 Å². The van der Waals surface area contributed by atoms with Gasteiger partial charge in [-0.2, -0.15) is 0 Å². The average molecular weight is 248 g/mol. The first-order valence-electron chi connectivity index (χ1n) is 6.85. The zero-order chi connectivity index (χ0) is 13.0. The van der Waals surface area contributed by atoms with E-state index in [4.69, 9.17) is 4.74 Å². The van der Waals surface area contributed by atoms with E-state index in [2.05, 4.69) is 49.2 Å². The largest absolute Gasteiger partial charge is 0.491 e. The van der Waals surface area contributed by atoms with Gasteiger partial charge in [0.05, 0.1) is 6.10 Å². The van der Waals surface area contributed by atoms with Crippen LogP contribution in [-0.4, -0.2) is 36.7 Å². The topological polar surface area (TPSA) is 24.5 Å². The van der Waals surface area contributed by atoms with E-state index in [9.17, 15) is 0 Å². The molecule has 1 fully saturated rings. The highest BCUT2D eigenvalue weighted by atomic mass is 16.5. The lowest BCUT2D eigenvalue weighted by Gasteiger charge is -2.31. The van der Waals surface area contributed by atoms with Crippen molar-refractivity contribution in [3.8, 4) is 5.75 Å². The van der Waals surface area contributed by atoms with Gasteiger partial charge in [-0.3, -0.25) is 4.90 Å². The first-order chi connectivity index (χ1) is 8.63. The van der Waals surface area contributed by atoms with Crippen molar-refractivity contribution >= 4 is 0 Å². The van der Waals surface area contributed by atoms with Gasteiger partial charge in [0.15, 0.2) is 0 Å². The third kappa shape index (κ3) is 4.00. The molecule has 0 unspecified atom stereocenters. The maximum atomic E-state index is 5.73. The number of nitrogens with one attached hydrogen (secondary N) is 1. The fraction of sp³-hybridized carbons (Fsp3) is 0.600. The summed E-state index contributed by atoms with van der Waals surface area (Å²) in [5, 5.41) is 3.47. The van der Waals surface area contributed by atoms with Gasteiger partial charge in [0.1, 0.15) is 5.75 Å². The Kier molecular flexibility index (Phi) is 4.61. The van der Waals surface area contributed by atoms with Crippen molar-refractivity contribution in [3.05, 3.63) is 29.8 Å². The Morgan fingerprint density at radius 1 is 1.44 bits per heavy atom. The van der Waals surface area contributed by atoms with E-state index in [1.165, 1.54) is 5.56 Å². The number of ether oxygens (including phenoxy) is 1. The van der Waals surface area contributed by atoms with E-state index in [0.29, 0.717) is 6.04 Å². The molecular weight excluding hydrogens is 224 g/mol. The lowest BCUT2D eigenvalue weighted by atomic mass is 10.1. The lowest BCUT2D eigenvalue weighted by Crippen LogP contribution is -2.48. The second-order valence-electron chi connectivity index (χ2n) is 5.40. The maximum absolute atomic E-state index is 5.73. The van der Waals surface area contributed by atoms with E-state index < -0.39 is 0 Å². The van der Waals surface area contributed by atoms with Crippen LogP contribution >= 0.6 is 0 Å². The number of hydrogen-bond acceptors (Lipinski definition) is 3. The Hall–Kier alpha value is -1.06. The van der Waals surface area contributed by atoms with Gasteiger partial charge in [-0.1, -0.05) is 12.1 Å². The zero-order valence-corrected chi connectivity index (χ0v) is 11.6. The summed E-state index contributed by atoms with van der Waals surface area (Å²) < 4.78 is 5.73. The van der Waals surface area contributed by atoms with Crippen molar-refractivity contribution in [3.63, 3.8) is 0 Å². The highest BCUT2D eigenvalue weighted by Crippen LogP contribution is 2.16. The summed E-state index contributed by atoms with van der Waals surface area (Å²) in [6.45, 7) is 10.7. The first-order valence-corrected chi connectivity index (χ1v) is 6.85. The predicted octanol–water partition coefficient (Wildman–Crippen LogP) is 2.27. The van der Waals surface area contributed by atoms with Crippen LogP contribution < -0.4 is 10.1 Å². The molecule has 1 N–H and O–H groups in total. The fourth-order valence-corrected chi connectivity index (χ4v) is 2.40. The number of benzene rings is 1. The summed E-state index contributed by atoms with van der Waals surface area (Å²) in [4.78, 5) is 2.50. The Morgan fingerprint density at radius 3 is 3.00 bits per heavy atom. The standard InChI is InChI=1S/C15H24N2O/c1-12(2)18-15-6-4-5-14(9-15)11-17-8-7-16-13(3)10-17/h4-6,9,12-13,16H,7-8,10-11H2,1-3H3/t13-/m0/s1. The minimum absolute atomic E-state index is 0.236. The van der Waals surface area contributed by atoms with Gasteiger partial charge in [0.25, 0.3) is 0 Å². The molecule has 3 nitrogen and oxygen atoms in total.